The third kappa shape index (κ3) is 7.81. The van der Waals surface area contributed by atoms with Gasteiger partial charge in [-0.1, -0.05) is 32.0 Å². The first-order chi connectivity index (χ1) is 13.9. The minimum absolute atomic E-state index is 0. The smallest absolute Gasteiger partial charge is 0.251 e. The lowest BCUT2D eigenvalue weighted by Gasteiger charge is -2.27. The number of nitrogens with zero attached hydrogens (tertiary/aromatic N) is 1. The summed E-state index contributed by atoms with van der Waals surface area (Å²) in [4.78, 5) is 16.4. The predicted molar refractivity (Wildman–Crippen MR) is 130 cm³/mol. The number of carbonyl (C=O) groups excluding carboxylic acids is 1. The Bertz CT molecular complexity index is 859. The lowest BCUT2D eigenvalue weighted by Crippen LogP contribution is -2.45. The Morgan fingerprint density at radius 2 is 1.77 bits per heavy atom. The van der Waals surface area contributed by atoms with Gasteiger partial charge in [0.2, 0.25) is 0 Å². The summed E-state index contributed by atoms with van der Waals surface area (Å²) >= 11 is 0. The Hall–Kier alpha value is -2.36. The van der Waals surface area contributed by atoms with Crippen LogP contribution in [0.5, 0.6) is 5.75 Å². The summed E-state index contributed by atoms with van der Waals surface area (Å²) in [6, 6.07) is 13.6. The first-order valence-corrected chi connectivity index (χ1v) is 9.48. The molecule has 0 aromatic heterocycles. The maximum absolute atomic E-state index is 13.5. The van der Waals surface area contributed by atoms with Crippen LogP contribution in [-0.2, 0) is 5.41 Å². The van der Waals surface area contributed by atoms with Crippen LogP contribution in [0.2, 0.25) is 0 Å². The second kappa shape index (κ2) is 12.4. The number of hydrogen-bond acceptors (Lipinski definition) is 3. The van der Waals surface area contributed by atoms with Crippen LogP contribution in [0.15, 0.2) is 53.5 Å². The molecule has 0 fully saturated rings. The molecule has 2 aromatic carbocycles. The van der Waals surface area contributed by atoms with Gasteiger partial charge in [0.25, 0.3) is 5.91 Å². The lowest BCUT2D eigenvalue weighted by molar-refractivity contribution is 0.0954. The predicted octanol–water partition coefficient (Wildman–Crippen LogP) is 3.32. The average Bonchev–Trinajstić information content (AvgIpc) is 2.73. The summed E-state index contributed by atoms with van der Waals surface area (Å²) in [6.07, 6.45) is 0. The van der Waals surface area contributed by atoms with Gasteiger partial charge in [0, 0.05) is 37.7 Å². The molecule has 0 saturated carbocycles. The molecule has 0 radical (unpaired) electrons. The molecule has 3 N–H and O–H groups in total. The molecule has 0 atom stereocenters. The topological polar surface area (TPSA) is 74.8 Å². The van der Waals surface area contributed by atoms with E-state index in [1.54, 1.807) is 50.6 Å². The third-order valence-electron chi connectivity index (χ3n) is 4.56. The Balaban J connectivity index is 0.00000450. The van der Waals surface area contributed by atoms with Crippen LogP contribution in [0.25, 0.3) is 0 Å². The van der Waals surface area contributed by atoms with Gasteiger partial charge in [0.05, 0.1) is 7.11 Å². The lowest BCUT2D eigenvalue weighted by atomic mass is 9.84. The zero-order chi connectivity index (χ0) is 21.3. The van der Waals surface area contributed by atoms with Crippen molar-refractivity contribution in [2.45, 2.75) is 19.3 Å². The number of amides is 1. The van der Waals surface area contributed by atoms with E-state index < -0.39 is 0 Å². The summed E-state index contributed by atoms with van der Waals surface area (Å²) in [6.45, 7) is 5.60. The van der Waals surface area contributed by atoms with Crippen molar-refractivity contribution in [3.63, 3.8) is 0 Å². The second-order valence-electron chi connectivity index (χ2n) is 7.23. The van der Waals surface area contributed by atoms with Gasteiger partial charge in [-0.05, 0) is 35.9 Å². The number of carbonyl (C=O) groups is 1. The largest absolute Gasteiger partial charge is 0.497 e. The molecule has 1 amide bonds. The Kier molecular flexibility index (Phi) is 10.6. The Morgan fingerprint density at radius 3 is 2.43 bits per heavy atom. The standard InChI is InChI=1S/C22H29FN4O2.HI/c1-22(2,17-8-6-9-18(23)14-17)15-27-21(24-3)26-12-11-25-20(28)16-7-5-10-19(13-16)29-4;/h5-10,13-14H,11-12,15H2,1-4H3,(H,25,28)(H2,24,26,27);1H. The SMILES string of the molecule is CN=C(NCCNC(=O)c1cccc(OC)c1)NCC(C)(C)c1cccc(F)c1.I. The van der Waals surface area contributed by atoms with E-state index in [9.17, 15) is 9.18 Å². The van der Waals surface area contributed by atoms with Gasteiger partial charge in [-0.25, -0.2) is 4.39 Å². The summed E-state index contributed by atoms with van der Waals surface area (Å²) in [5, 5.41) is 9.26. The molecule has 0 aliphatic heterocycles. The third-order valence-corrected chi connectivity index (χ3v) is 4.56. The quantitative estimate of drug-likeness (QED) is 0.213. The number of rotatable bonds is 8. The van der Waals surface area contributed by atoms with Crippen LogP contribution in [0.4, 0.5) is 4.39 Å². The van der Waals surface area contributed by atoms with E-state index in [4.69, 9.17) is 4.74 Å². The molecule has 0 saturated heterocycles. The minimum atomic E-state index is -0.277. The van der Waals surface area contributed by atoms with E-state index in [0.717, 1.165) is 5.56 Å². The van der Waals surface area contributed by atoms with E-state index in [1.807, 2.05) is 19.9 Å². The number of halogens is 2. The molecule has 2 aromatic rings. The maximum Gasteiger partial charge on any atom is 0.251 e. The van der Waals surface area contributed by atoms with Gasteiger partial charge < -0.3 is 20.7 Å². The number of guanidine groups is 1. The van der Waals surface area contributed by atoms with Crippen molar-refractivity contribution in [2.24, 2.45) is 4.99 Å². The summed E-state index contributed by atoms with van der Waals surface area (Å²) < 4.78 is 18.6. The van der Waals surface area contributed by atoms with Crippen LogP contribution < -0.4 is 20.7 Å². The van der Waals surface area contributed by atoms with Crippen molar-refractivity contribution >= 4 is 35.8 Å². The van der Waals surface area contributed by atoms with Crippen molar-refractivity contribution in [3.05, 3.63) is 65.5 Å². The number of aliphatic imine (C=N–C) groups is 1. The highest BCUT2D eigenvalue weighted by atomic mass is 127. The summed E-state index contributed by atoms with van der Waals surface area (Å²) in [7, 11) is 3.24. The normalized spacial score (nSPS) is 11.3. The van der Waals surface area contributed by atoms with Crippen molar-refractivity contribution < 1.29 is 13.9 Å². The Morgan fingerprint density at radius 1 is 1.07 bits per heavy atom. The number of nitrogens with one attached hydrogen (secondary N) is 3. The number of hydrogen-bond donors (Lipinski definition) is 3. The van der Waals surface area contributed by atoms with Crippen LogP contribution in [0, 0.1) is 5.82 Å². The van der Waals surface area contributed by atoms with Gasteiger partial charge in [0.15, 0.2) is 5.96 Å². The van der Waals surface area contributed by atoms with Crippen molar-refractivity contribution in [1.82, 2.24) is 16.0 Å². The highest BCUT2D eigenvalue weighted by molar-refractivity contribution is 14.0. The number of methoxy groups -OCH3 is 1. The average molecular weight is 528 g/mol. The fraction of sp³-hybridized carbons (Fsp3) is 0.364. The summed E-state index contributed by atoms with van der Waals surface area (Å²) in [5.74, 6) is 0.845. The van der Waals surface area contributed by atoms with E-state index >= 15 is 0 Å². The van der Waals surface area contributed by atoms with E-state index in [2.05, 4.69) is 20.9 Å². The molecule has 30 heavy (non-hydrogen) atoms. The van der Waals surface area contributed by atoms with Gasteiger partial charge in [-0.15, -0.1) is 24.0 Å². The van der Waals surface area contributed by atoms with E-state index in [0.29, 0.717) is 36.9 Å². The molecule has 0 unspecified atom stereocenters. The highest BCUT2D eigenvalue weighted by Gasteiger charge is 2.21. The molecule has 164 valence electrons. The zero-order valence-electron chi connectivity index (χ0n) is 17.8. The Labute approximate surface area is 194 Å². The van der Waals surface area contributed by atoms with Gasteiger partial charge in [-0.3, -0.25) is 9.79 Å². The maximum atomic E-state index is 13.5. The monoisotopic (exact) mass is 528 g/mol. The molecule has 0 heterocycles. The fourth-order valence-electron chi connectivity index (χ4n) is 2.76. The molecule has 0 aliphatic rings. The van der Waals surface area contributed by atoms with Crippen LogP contribution in [-0.4, -0.2) is 45.7 Å². The fourth-order valence-corrected chi connectivity index (χ4v) is 2.76. The zero-order valence-corrected chi connectivity index (χ0v) is 20.1. The minimum Gasteiger partial charge on any atom is -0.497 e. The second-order valence-corrected chi connectivity index (χ2v) is 7.23. The molecule has 0 aliphatic carbocycles. The van der Waals surface area contributed by atoms with Crippen molar-refractivity contribution in [1.29, 1.82) is 0 Å². The molecule has 0 spiro atoms. The van der Waals surface area contributed by atoms with E-state index in [1.165, 1.54) is 6.07 Å². The number of ether oxygens (including phenoxy) is 1. The first kappa shape index (κ1) is 25.7. The summed E-state index contributed by atoms with van der Waals surface area (Å²) in [5.41, 5.74) is 1.18. The van der Waals surface area contributed by atoms with Crippen LogP contribution >= 0.6 is 24.0 Å². The highest BCUT2D eigenvalue weighted by Crippen LogP contribution is 2.22. The molecule has 0 bridgehead atoms. The van der Waals surface area contributed by atoms with Crippen molar-refractivity contribution in [2.75, 3.05) is 33.8 Å². The van der Waals surface area contributed by atoms with Gasteiger partial charge in [0.1, 0.15) is 11.6 Å². The molecular formula is C22H30FIN4O2. The molecule has 8 heteroatoms. The first-order valence-electron chi connectivity index (χ1n) is 9.48. The van der Waals surface area contributed by atoms with Crippen LogP contribution in [0.1, 0.15) is 29.8 Å². The van der Waals surface area contributed by atoms with Crippen molar-refractivity contribution in [3.8, 4) is 5.75 Å². The number of benzene rings is 2. The van der Waals surface area contributed by atoms with E-state index in [-0.39, 0.29) is 41.1 Å². The molecule has 2 rings (SSSR count). The van der Waals surface area contributed by atoms with Gasteiger partial charge in [-0.2, -0.15) is 0 Å². The van der Waals surface area contributed by atoms with Gasteiger partial charge >= 0.3 is 0 Å². The molecule has 6 nitrogen and oxygen atoms in total. The molecular weight excluding hydrogens is 498 g/mol. The van der Waals surface area contributed by atoms with Crippen LogP contribution in [0.3, 0.4) is 0 Å².